The molecule has 0 amide bonds. The first-order valence-corrected chi connectivity index (χ1v) is 5.90. The van der Waals surface area contributed by atoms with Crippen LogP contribution in [0.5, 0.6) is 0 Å². The van der Waals surface area contributed by atoms with Gasteiger partial charge >= 0.3 is 0 Å². The molecule has 0 fully saturated rings. The van der Waals surface area contributed by atoms with E-state index in [1.807, 2.05) is 12.3 Å². The molecule has 0 spiro atoms. The summed E-state index contributed by atoms with van der Waals surface area (Å²) in [7, 11) is 0. The smallest absolute Gasteiger partial charge is 0.0937 e. The van der Waals surface area contributed by atoms with Crippen molar-refractivity contribution in [3.63, 3.8) is 0 Å². The van der Waals surface area contributed by atoms with Crippen molar-refractivity contribution < 1.29 is 0 Å². The summed E-state index contributed by atoms with van der Waals surface area (Å²) in [6.45, 7) is 13.7. The average molecular weight is 230 g/mol. The first kappa shape index (κ1) is 15.4. The lowest BCUT2D eigenvalue weighted by atomic mass is 10.0. The Morgan fingerprint density at radius 1 is 1.29 bits per heavy atom. The molecule has 0 saturated heterocycles. The van der Waals surface area contributed by atoms with E-state index in [0.717, 1.165) is 0 Å². The Hall–Kier alpha value is -1.62. The molecule has 17 heavy (non-hydrogen) atoms. The number of pyridine rings is 1. The highest BCUT2D eigenvalue weighted by Gasteiger charge is 2.03. The molecule has 0 saturated carbocycles. The largest absolute Gasteiger partial charge is 0.261 e. The van der Waals surface area contributed by atoms with Gasteiger partial charge in [-0.2, -0.15) is 5.26 Å². The van der Waals surface area contributed by atoms with Crippen molar-refractivity contribution in [2.24, 2.45) is 0 Å². The number of aromatic nitrogens is 1. The summed E-state index contributed by atoms with van der Waals surface area (Å²) in [5.41, 5.74) is 3.14. The summed E-state index contributed by atoms with van der Waals surface area (Å²) >= 11 is 0. The van der Waals surface area contributed by atoms with Crippen molar-refractivity contribution in [1.29, 1.82) is 5.26 Å². The monoisotopic (exact) mass is 230 g/mol. The lowest BCUT2D eigenvalue weighted by molar-refractivity contribution is 0.799. The van der Waals surface area contributed by atoms with Crippen molar-refractivity contribution in [1.82, 2.24) is 4.98 Å². The second kappa shape index (κ2) is 7.62. The van der Waals surface area contributed by atoms with E-state index >= 15 is 0 Å². The van der Waals surface area contributed by atoms with Crippen LogP contribution in [0.3, 0.4) is 0 Å². The Balaban J connectivity index is 0.000000437. The van der Waals surface area contributed by atoms with Gasteiger partial charge in [-0.05, 0) is 36.5 Å². The topological polar surface area (TPSA) is 36.7 Å². The molecule has 0 aromatic carbocycles. The average Bonchev–Trinajstić information content (AvgIpc) is 2.29. The van der Waals surface area contributed by atoms with Gasteiger partial charge in [-0.3, -0.25) is 4.98 Å². The van der Waals surface area contributed by atoms with Crippen LogP contribution in [0.2, 0.25) is 0 Å². The first-order chi connectivity index (χ1) is 7.88. The van der Waals surface area contributed by atoms with E-state index in [1.54, 1.807) is 6.92 Å². The molecule has 0 radical (unpaired) electrons. The number of nitrogens with zero attached hydrogens (tertiary/aromatic N) is 2. The lowest BCUT2D eigenvalue weighted by Crippen LogP contribution is -1.95. The third kappa shape index (κ3) is 6.52. The van der Waals surface area contributed by atoms with Crippen LogP contribution in [0, 0.1) is 11.3 Å². The Morgan fingerprint density at radius 3 is 2.18 bits per heavy atom. The van der Waals surface area contributed by atoms with Crippen LogP contribution < -0.4 is 0 Å². The van der Waals surface area contributed by atoms with Gasteiger partial charge in [0.1, 0.15) is 0 Å². The predicted octanol–water partition coefficient (Wildman–Crippen LogP) is 4.41. The molecule has 0 aliphatic rings. The summed E-state index contributed by atoms with van der Waals surface area (Å²) in [6.07, 6.45) is 1.91. The quantitative estimate of drug-likeness (QED) is 0.705. The van der Waals surface area contributed by atoms with Crippen LogP contribution in [-0.4, -0.2) is 4.98 Å². The molecule has 2 nitrogen and oxygen atoms in total. The molecule has 0 N–H and O–H groups in total. The fourth-order valence-electron chi connectivity index (χ4n) is 1.14. The summed E-state index contributed by atoms with van der Waals surface area (Å²) in [5.74, 6) is 1.13. The van der Waals surface area contributed by atoms with Crippen molar-refractivity contribution >= 4 is 0 Å². The van der Waals surface area contributed by atoms with E-state index in [9.17, 15) is 0 Å². The van der Waals surface area contributed by atoms with E-state index in [-0.39, 0.29) is 0 Å². The van der Waals surface area contributed by atoms with E-state index in [1.165, 1.54) is 11.3 Å². The van der Waals surface area contributed by atoms with Gasteiger partial charge < -0.3 is 0 Å². The minimum Gasteiger partial charge on any atom is -0.261 e. The number of allylic oxidation sites excluding steroid dienone is 1. The number of hydrogen-bond acceptors (Lipinski definition) is 2. The number of rotatable bonds is 2. The highest BCUT2D eigenvalue weighted by molar-refractivity contribution is 5.21. The van der Waals surface area contributed by atoms with Gasteiger partial charge in [-0.1, -0.05) is 34.3 Å². The lowest BCUT2D eigenvalue weighted by Gasteiger charge is -2.08. The standard InChI is InChI=1S/C11H17N.C4H5N/c1-8(2)10-5-6-12-11(7-10)9(3)4;1-4(2)3-5/h5-9H,1-4H3;1H2,2H3. The van der Waals surface area contributed by atoms with Crippen LogP contribution in [0.1, 0.15) is 57.7 Å². The highest BCUT2D eigenvalue weighted by Crippen LogP contribution is 2.18. The Labute approximate surface area is 105 Å². The van der Waals surface area contributed by atoms with Gasteiger partial charge in [0, 0.05) is 17.5 Å². The van der Waals surface area contributed by atoms with Gasteiger partial charge in [-0.25, -0.2) is 0 Å². The van der Waals surface area contributed by atoms with Gasteiger partial charge in [-0.15, -0.1) is 0 Å². The van der Waals surface area contributed by atoms with Crippen LogP contribution in [0.4, 0.5) is 0 Å². The molecule has 1 aromatic heterocycles. The normalized spacial score (nSPS) is 9.53. The van der Waals surface area contributed by atoms with Crippen molar-refractivity contribution in [2.75, 3.05) is 0 Å². The van der Waals surface area contributed by atoms with Crippen LogP contribution in [-0.2, 0) is 0 Å². The number of hydrogen-bond donors (Lipinski definition) is 0. The van der Waals surface area contributed by atoms with Crippen LogP contribution >= 0.6 is 0 Å². The highest BCUT2D eigenvalue weighted by atomic mass is 14.7. The summed E-state index contributed by atoms with van der Waals surface area (Å²) in [6, 6.07) is 6.13. The van der Waals surface area contributed by atoms with Crippen LogP contribution in [0.15, 0.2) is 30.5 Å². The fraction of sp³-hybridized carbons (Fsp3) is 0.467. The second-order valence-electron chi connectivity index (χ2n) is 4.72. The molecule has 0 aliphatic heterocycles. The molecule has 92 valence electrons. The molecule has 2 heteroatoms. The predicted molar refractivity (Wildman–Crippen MR) is 72.8 cm³/mol. The Kier molecular flexibility index (Phi) is 6.89. The van der Waals surface area contributed by atoms with E-state index in [0.29, 0.717) is 17.4 Å². The van der Waals surface area contributed by atoms with Crippen molar-refractivity contribution in [3.8, 4) is 6.07 Å². The Bertz CT molecular complexity index is 374. The van der Waals surface area contributed by atoms with Gasteiger partial charge in [0.05, 0.1) is 6.07 Å². The summed E-state index contributed by atoms with van der Waals surface area (Å²) in [5, 5.41) is 7.79. The molecule has 0 bridgehead atoms. The molecule has 1 rings (SSSR count). The van der Waals surface area contributed by atoms with E-state index < -0.39 is 0 Å². The van der Waals surface area contributed by atoms with Gasteiger partial charge in [0.25, 0.3) is 0 Å². The maximum Gasteiger partial charge on any atom is 0.0937 e. The molecule has 1 aromatic rings. The van der Waals surface area contributed by atoms with Gasteiger partial charge in [0.2, 0.25) is 0 Å². The molecular weight excluding hydrogens is 208 g/mol. The zero-order valence-electron chi connectivity index (χ0n) is 11.5. The third-order valence-corrected chi connectivity index (χ3v) is 2.25. The van der Waals surface area contributed by atoms with Crippen molar-refractivity contribution in [3.05, 3.63) is 41.7 Å². The maximum atomic E-state index is 7.79. The third-order valence-electron chi connectivity index (χ3n) is 2.25. The fourth-order valence-corrected chi connectivity index (χ4v) is 1.14. The zero-order chi connectivity index (χ0) is 13.4. The SMILES string of the molecule is C=C(C)C#N.CC(C)c1ccnc(C(C)C)c1. The Morgan fingerprint density at radius 2 is 1.82 bits per heavy atom. The van der Waals surface area contributed by atoms with Crippen molar-refractivity contribution in [2.45, 2.75) is 46.5 Å². The zero-order valence-corrected chi connectivity index (χ0v) is 11.5. The molecular formula is C15H22N2. The first-order valence-electron chi connectivity index (χ1n) is 5.90. The van der Waals surface area contributed by atoms with E-state index in [4.69, 9.17) is 5.26 Å². The molecule has 0 aliphatic carbocycles. The minimum atomic E-state index is 0.531. The molecule has 0 atom stereocenters. The maximum absolute atomic E-state index is 7.79. The number of nitriles is 1. The van der Waals surface area contributed by atoms with Gasteiger partial charge in [0.15, 0.2) is 0 Å². The van der Waals surface area contributed by atoms with Crippen LogP contribution in [0.25, 0.3) is 0 Å². The molecule has 0 unspecified atom stereocenters. The van der Waals surface area contributed by atoms with E-state index in [2.05, 4.69) is 51.4 Å². The molecule has 1 heterocycles. The second-order valence-corrected chi connectivity index (χ2v) is 4.72. The minimum absolute atomic E-state index is 0.531. The summed E-state index contributed by atoms with van der Waals surface area (Å²) in [4.78, 5) is 4.32. The summed E-state index contributed by atoms with van der Waals surface area (Å²) < 4.78 is 0.